The molecule has 166 valence electrons. The molecular weight excluding hydrogens is 402 g/mol. The van der Waals surface area contributed by atoms with Gasteiger partial charge in [0.1, 0.15) is 5.75 Å². The Morgan fingerprint density at radius 3 is 2.66 bits per heavy atom. The third-order valence-electron chi connectivity index (χ3n) is 6.04. The SMILES string of the molecule is COc1cccc(-c2cnc3c(N4CCN(Cc5cnn(C(C)C)c5)CC4)nccn23)c1. The quantitative estimate of drug-likeness (QED) is 0.466. The Hall–Kier alpha value is -3.39. The average molecular weight is 432 g/mol. The molecule has 0 aliphatic carbocycles. The highest BCUT2D eigenvalue weighted by Crippen LogP contribution is 2.28. The van der Waals surface area contributed by atoms with E-state index in [2.05, 4.69) is 50.4 Å². The van der Waals surface area contributed by atoms with Gasteiger partial charge in [-0.3, -0.25) is 14.0 Å². The van der Waals surface area contributed by atoms with E-state index in [1.807, 2.05) is 47.7 Å². The van der Waals surface area contributed by atoms with E-state index in [1.54, 1.807) is 7.11 Å². The second kappa shape index (κ2) is 8.63. The Morgan fingerprint density at radius 2 is 1.91 bits per heavy atom. The molecule has 1 aliphatic rings. The van der Waals surface area contributed by atoms with Gasteiger partial charge in [0.25, 0.3) is 0 Å². The topological polar surface area (TPSA) is 63.7 Å². The van der Waals surface area contributed by atoms with Crippen molar-refractivity contribution in [1.29, 1.82) is 0 Å². The van der Waals surface area contributed by atoms with Gasteiger partial charge < -0.3 is 9.64 Å². The van der Waals surface area contributed by atoms with Crippen LogP contribution in [0.25, 0.3) is 16.9 Å². The predicted octanol–water partition coefficient (Wildman–Crippen LogP) is 3.50. The standard InChI is InChI=1S/C24H29N7O/c1-18(2)31-17-19(14-27-31)16-28-9-11-29(12-10-28)23-24-26-15-22(30(24)8-7-25-23)20-5-4-6-21(13-20)32-3/h4-8,13-15,17-18H,9-12,16H2,1-3H3. The highest BCUT2D eigenvalue weighted by atomic mass is 16.5. The zero-order valence-corrected chi connectivity index (χ0v) is 18.8. The van der Waals surface area contributed by atoms with Crippen molar-refractivity contribution in [3.63, 3.8) is 0 Å². The van der Waals surface area contributed by atoms with Crippen LogP contribution in [0.3, 0.4) is 0 Å². The Balaban J connectivity index is 1.32. The Kier molecular flexibility index (Phi) is 5.53. The first-order chi connectivity index (χ1) is 15.6. The summed E-state index contributed by atoms with van der Waals surface area (Å²) in [6, 6.07) is 8.45. The minimum absolute atomic E-state index is 0.392. The number of fused-ring (bicyclic) bond motifs is 1. The molecular formula is C24H29N7O. The van der Waals surface area contributed by atoms with Gasteiger partial charge in [-0.05, 0) is 26.0 Å². The lowest BCUT2D eigenvalue weighted by molar-refractivity contribution is 0.249. The van der Waals surface area contributed by atoms with Crippen molar-refractivity contribution in [3.8, 4) is 17.0 Å². The van der Waals surface area contributed by atoms with E-state index in [0.717, 1.165) is 61.2 Å². The molecule has 0 atom stereocenters. The number of hydrogen-bond donors (Lipinski definition) is 0. The molecule has 5 rings (SSSR count). The molecule has 0 N–H and O–H groups in total. The molecule has 8 nitrogen and oxygen atoms in total. The van der Waals surface area contributed by atoms with Crippen LogP contribution in [0.4, 0.5) is 5.82 Å². The zero-order valence-electron chi connectivity index (χ0n) is 18.8. The van der Waals surface area contributed by atoms with Crippen LogP contribution in [0.1, 0.15) is 25.5 Å². The minimum atomic E-state index is 0.392. The summed E-state index contributed by atoms with van der Waals surface area (Å²) < 4.78 is 9.53. The zero-order chi connectivity index (χ0) is 22.1. The number of benzene rings is 1. The number of aromatic nitrogens is 5. The number of ether oxygens (including phenoxy) is 1. The molecule has 8 heteroatoms. The fourth-order valence-corrected chi connectivity index (χ4v) is 4.24. The number of nitrogens with zero attached hydrogens (tertiary/aromatic N) is 7. The van der Waals surface area contributed by atoms with Crippen LogP contribution in [0.5, 0.6) is 5.75 Å². The van der Waals surface area contributed by atoms with Gasteiger partial charge in [0, 0.05) is 68.5 Å². The van der Waals surface area contributed by atoms with Crippen LogP contribution in [-0.2, 0) is 6.54 Å². The van der Waals surface area contributed by atoms with E-state index in [0.29, 0.717) is 6.04 Å². The summed E-state index contributed by atoms with van der Waals surface area (Å²) in [5.74, 6) is 1.77. The molecule has 0 bridgehead atoms. The Morgan fingerprint density at radius 1 is 1.06 bits per heavy atom. The molecule has 1 fully saturated rings. The van der Waals surface area contributed by atoms with Crippen LogP contribution < -0.4 is 9.64 Å². The van der Waals surface area contributed by atoms with Crippen LogP contribution in [-0.4, -0.2) is 62.3 Å². The molecule has 1 saturated heterocycles. The summed E-state index contributed by atoms with van der Waals surface area (Å²) in [5.41, 5.74) is 4.25. The third-order valence-corrected chi connectivity index (χ3v) is 6.04. The molecule has 32 heavy (non-hydrogen) atoms. The van der Waals surface area contributed by atoms with E-state index in [1.165, 1.54) is 5.56 Å². The molecule has 0 saturated carbocycles. The van der Waals surface area contributed by atoms with Gasteiger partial charge in [-0.2, -0.15) is 5.10 Å². The molecule has 4 heterocycles. The number of piperazine rings is 1. The maximum absolute atomic E-state index is 5.39. The van der Waals surface area contributed by atoms with E-state index in [4.69, 9.17) is 9.72 Å². The van der Waals surface area contributed by atoms with Crippen LogP contribution in [0, 0.1) is 0 Å². The summed E-state index contributed by atoms with van der Waals surface area (Å²) in [6.07, 6.45) is 9.89. The maximum atomic E-state index is 5.39. The normalized spacial score (nSPS) is 15.1. The van der Waals surface area contributed by atoms with E-state index in [9.17, 15) is 0 Å². The molecule has 0 spiro atoms. The number of methoxy groups -OCH3 is 1. The second-order valence-electron chi connectivity index (χ2n) is 8.51. The van der Waals surface area contributed by atoms with Gasteiger partial charge in [0.15, 0.2) is 11.5 Å². The summed E-state index contributed by atoms with van der Waals surface area (Å²) >= 11 is 0. The largest absolute Gasteiger partial charge is 0.497 e. The Labute approximate surface area is 188 Å². The first-order valence-corrected chi connectivity index (χ1v) is 11.1. The molecule has 1 aliphatic heterocycles. The van der Waals surface area contributed by atoms with Crippen molar-refractivity contribution < 1.29 is 4.74 Å². The van der Waals surface area contributed by atoms with Crippen LogP contribution in [0.15, 0.2) is 55.2 Å². The predicted molar refractivity (Wildman–Crippen MR) is 125 cm³/mol. The van der Waals surface area contributed by atoms with Gasteiger partial charge in [0.2, 0.25) is 0 Å². The third kappa shape index (κ3) is 3.93. The monoisotopic (exact) mass is 431 g/mol. The molecule has 0 radical (unpaired) electrons. The molecule has 4 aromatic rings. The lowest BCUT2D eigenvalue weighted by Crippen LogP contribution is -2.46. The number of anilines is 1. The van der Waals surface area contributed by atoms with Crippen LogP contribution >= 0.6 is 0 Å². The van der Waals surface area contributed by atoms with Gasteiger partial charge in [0.05, 0.1) is 25.2 Å². The van der Waals surface area contributed by atoms with Crippen molar-refractivity contribution >= 4 is 11.5 Å². The molecule has 0 amide bonds. The van der Waals surface area contributed by atoms with E-state index >= 15 is 0 Å². The number of rotatable bonds is 6. The van der Waals surface area contributed by atoms with Crippen LogP contribution in [0.2, 0.25) is 0 Å². The molecule has 1 aromatic carbocycles. The van der Waals surface area contributed by atoms with Gasteiger partial charge in [-0.15, -0.1) is 0 Å². The molecule has 3 aromatic heterocycles. The number of hydrogen-bond acceptors (Lipinski definition) is 6. The van der Waals surface area contributed by atoms with Gasteiger partial charge >= 0.3 is 0 Å². The first kappa shape index (κ1) is 20.5. The van der Waals surface area contributed by atoms with Crippen molar-refractivity contribution in [2.45, 2.75) is 26.4 Å². The summed E-state index contributed by atoms with van der Waals surface area (Å²) in [6.45, 7) is 9.05. The average Bonchev–Trinajstić information content (AvgIpc) is 3.47. The maximum Gasteiger partial charge on any atom is 0.180 e. The van der Waals surface area contributed by atoms with Crippen molar-refractivity contribution in [2.24, 2.45) is 0 Å². The lowest BCUT2D eigenvalue weighted by atomic mass is 10.1. The fourth-order valence-electron chi connectivity index (χ4n) is 4.24. The van der Waals surface area contributed by atoms with Gasteiger partial charge in [-0.1, -0.05) is 12.1 Å². The van der Waals surface area contributed by atoms with Crippen molar-refractivity contribution in [3.05, 3.63) is 60.8 Å². The van der Waals surface area contributed by atoms with Crippen molar-refractivity contribution in [2.75, 3.05) is 38.2 Å². The first-order valence-electron chi connectivity index (χ1n) is 11.1. The Bertz CT molecular complexity index is 1200. The van der Waals surface area contributed by atoms with E-state index < -0.39 is 0 Å². The minimum Gasteiger partial charge on any atom is -0.497 e. The smallest absolute Gasteiger partial charge is 0.180 e. The molecule has 0 unspecified atom stereocenters. The summed E-state index contributed by atoms with van der Waals surface area (Å²) in [5, 5.41) is 4.47. The number of imidazole rings is 1. The summed E-state index contributed by atoms with van der Waals surface area (Å²) in [7, 11) is 1.69. The second-order valence-corrected chi connectivity index (χ2v) is 8.51. The lowest BCUT2D eigenvalue weighted by Gasteiger charge is -2.35. The fraction of sp³-hybridized carbons (Fsp3) is 0.375. The highest BCUT2D eigenvalue weighted by molar-refractivity contribution is 5.72. The van der Waals surface area contributed by atoms with E-state index in [-0.39, 0.29) is 0 Å². The summed E-state index contributed by atoms with van der Waals surface area (Å²) in [4.78, 5) is 14.2. The van der Waals surface area contributed by atoms with Gasteiger partial charge in [-0.25, -0.2) is 9.97 Å². The highest BCUT2D eigenvalue weighted by Gasteiger charge is 2.22. The van der Waals surface area contributed by atoms with Crippen molar-refractivity contribution in [1.82, 2.24) is 29.0 Å².